The number of amides is 3. The highest BCUT2D eigenvalue weighted by atomic mass is 79.9. The minimum atomic E-state index is -1.18. The molecule has 3 saturated heterocycles. The second kappa shape index (κ2) is 13.8. The minimum absolute atomic E-state index is 0.0525. The summed E-state index contributed by atoms with van der Waals surface area (Å²) in [4.78, 5) is 57.1. The second-order valence-electron chi connectivity index (χ2n) is 12.3. The van der Waals surface area contributed by atoms with E-state index in [4.69, 9.17) is 9.47 Å². The molecule has 1 spiro atoms. The number of carbonyl (C=O) groups excluding carboxylic acids is 4. The van der Waals surface area contributed by atoms with Crippen LogP contribution in [0.3, 0.4) is 0 Å². The Morgan fingerprint density at radius 2 is 1.98 bits per heavy atom. The van der Waals surface area contributed by atoms with Crippen molar-refractivity contribution in [3.05, 3.63) is 25.3 Å². The third-order valence-corrected chi connectivity index (χ3v) is 9.06. The zero-order chi connectivity index (χ0) is 30.5. The highest BCUT2D eigenvalue weighted by Crippen LogP contribution is 2.60. The van der Waals surface area contributed by atoms with Crippen LogP contribution in [-0.2, 0) is 28.7 Å². The van der Waals surface area contributed by atoms with Crippen molar-refractivity contribution in [3.63, 3.8) is 0 Å². The summed E-state index contributed by atoms with van der Waals surface area (Å²) in [5.74, 6) is -3.00. The molecule has 1 unspecified atom stereocenters. The number of aliphatic hydroxyl groups is 1. The van der Waals surface area contributed by atoms with Crippen LogP contribution in [0.5, 0.6) is 0 Å². The standard InChI is InChI=1S/C30H46BrN3O7/c1-7-9-13-21(36)32-18-19(3)40-28(39)22-23-26(37)33(15-11-10-12-16-35)25(30(23)17-20(31)24(22)41-30)27(38)34(14-8-2)29(4,5)6/h7-8,19-20,22-25,35H,1-2,9-18H2,3-6H3,(H,32,36)/t19-,20?,22+,23-,24+,25+,30-/m0/s1. The van der Waals surface area contributed by atoms with Crippen molar-refractivity contribution in [1.29, 1.82) is 0 Å². The Hall–Kier alpha value is -2.24. The van der Waals surface area contributed by atoms with Gasteiger partial charge < -0.3 is 29.7 Å². The maximum absolute atomic E-state index is 14.3. The zero-order valence-corrected chi connectivity index (χ0v) is 26.4. The largest absolute Gasteiger partial charge is 0.460 e. The molecular formula is C30H46BrN3O7. The van der Waals surface area contributed by atoms with Crippen molar-refractivity contribution >= 4 is 39.6 Å². The smallest absolute Gasteiger partial charge is 0.312 e. The first-order valence-electron chi connectivity index (χ1n) is 14.6. The highest BCUT2D eigenvalue weighted by molar-refractivity contribution is 9.09. The lowest BCUT2D eigenvalue weighted by Gasteiger charge is -2.42. The summed E-state index contributed by atoms with van der Waals surface area (Å²) in [5, 5.41) is 12.0. The molecule has 3 amide bonds. The number of carbonyl (C=O) groups is 4. The lowest BCUT2D eigenvalue weighted by molar-refractivity contribution is -0.159. The summed E-state index contributed by atoms with van der Waals surface area (Å²) in [6.07, 6.45) is 5.24. The molecule has 0 aromatic rings. The van der Waals surface area contributed by atoms with Gasteiger partial charge in [-0.2, -0.15) is 0 Å². The quantitative estimate of drug-likeness (QED) is 0.122. The number of fused-ring (bicyclic) bond motifs is 1. The number of unbranched alkanes of at least 4 members (excludes halogenated alkanes) is 2. The third-order valence-electron chi connectivity index (χ3n) is 8.22. The first-order chi connectivity index (χ1) is 19.3. The number of ether oxygens (including phenoxy) is 2. The van der Waals surface area contributed by atoms with Gasteiger partial charge in [0.2, 0.25) is 17.7 Å². The third kappa shape index (κ3) is 6.88. The summed E-state index contributed by atoms with van der Waals surface area (Å²) in [7, 11) is 0. The molecule has 0 aromatic carbocycles. The Bertz CT molecular complexity index is 1010. The number of hydrogen-bond donors (Lipinski definition) is 2. The van der Waals surface area contributed by atoms with E-state index in [1.165, 1.54) is 0 Å². The fraction of sp³-hybridized carbons (Fsp3) is 0.733. The molecule has 3 heterocycles. The minimum Gasteiger partial charge on any atom is -0.460 e. The molecule has 3 rings (SSSR count). The molecule has 0 aliphatic carbocycles. The van der Waals surface area contributed by atoms with Crippen LogP contribution in [0.15, 0.2) is 25.3 Å². The molecule has 11 heteroatoms. The van der Waals surface area contributed by atoms with Gasteiger partial charge in [0.05, 0.1) is 24.5 Å². The number of aliphatic hydroxyl groups excluding tert-OH is 1. The molecule has 41 heavy (non-hydrogen) atoms. The maximum atomic E-state index is 14.3. The lowest BCUT2D eigenvalue weighted by atomic mass is 9.70. The van der Waals surface area contributed by atoms with E-state index in [0.29, 0.717) is 51.6 Å². The number of allylic oxidation sites excluding steroid dienone is 1. The molecule has 0 radical (unpaired) electrons. The molecule has 10 nitrogen and oxygen atoms in total. The Morgan fingerprint density at radius 3 is 2.59 bits per heavy atom. The number of esters is 1. The predicted octanol–water partition coefficient (Wildman–Crippen LogP) is 2.72. The van der Waals surface area contributed by atoms with Gasteiger partial charge in [0, 0.05) is 36.5 Å². The van der Waals surface area contributed by atoms with Crippen molar-refractivity contribution in [2.24, 2.45) is 11.8 Å². The average Bonchev–Trinajstić information content (AvgIpc) is 3.49. The van der Waals surface area contributed by atoms with E-state index >= 15 is 0 Å². The van der Waals surface area contributed by atoms with Crippen LogP contribution in [0.2, 0.25) is 0 Å². The van der Waals surface area contributed by atoms with Crippen LogP contribution < -0.4 is 5.32 Å². The molecule has 2 bridgehead atoms. The fourth-order valence-corrected chi connectivity index (χ4v) is 7.30. The zero-order valence-electron chi connectivity index (χ0n) is 24.8. The van der Waals surface area contributed by atoms with Gasteiger partial charge in [0.15, 0.2) is 0 Å². The van der Waals surface area contributed by atoms with Gasteiger partial charge >= 0.3 is 5.97 Å². The molecule has 0 saturated carbocycles. The molecule has 3 aliphatic heterocycles. The van der Waals surface area contributed by atoms with E-state index in [0.717, 1.165) is 0 Å². The molecule has 2 N–H and O–H groups in total. The van der Waals surface area contributed by atoms with Gasteiger partial charge in [-0.3, -0.25) is 19.2 Å². The van der Waals surface area contributed by atoms with Crippen LogP contribution >= 0.6 is 15.9 Å². The van der Waals surface area contributed by atoms with Crippen LogP contribution in [0.25, 0.3) is 0 Å². The molecule has 0 aromatic heterocycles. The Balaban J connectivity index is 1.89. The number of nitrogens with one attached hydrogen (secondary N) is 1. The Kier molecular flexibility index (Phi) is 11.2. The first kappa shape index (κ1) is 33.3. The van der Waals surface area contributed by atoms with Crippen molar-refractivity contribution in [3.8, 4) is 0 Å². The van der Waals surface area contributed by atoms with Crippen molar-refractivity contribution < 1.29 is 33.8 Å². The van der Waals surface area contributed by atoms with E-state index in [9.17, 15) is 24.3 Å². The highest BCUT2D eigenvalue weighted by Gasteiger charge is 2.77. The topological polar surface area (TPSA) is 125 Å². The maximum Gasteiger partial charge on any atom is 0.312 e. The summed E-state index contributed by atoms with van der Waals surface area (Å²) < 4.78 is 12.3. The number of nitrogens with zero attached hydrogens (tertiary/aromatic N) is 2. The SMILES string of the molecule is C=CCCC(=O)NC[C@H](C)OC(=O)[C@H]1[C@@H]2O[C@@]3(CC2Br)[C@@H]1C(=O)N(CCCCCO)[C@@H]3C(=O)N(CC=C)C(C)(C)C. The Morgan fingerprint density at radius 1 is 1.27 bits per heavy atom. The van der Waals surface area contributed by atoms with Crippen molar-refractivity contribution in [1.82, 2.24) is 15.1 Å². The number of alkyl halides is 1. The van der Waals surface area contributed by atoms with Crippen molar-refractivity contribution in [2.45, 2.75) is 100 Å². The van der Waals surface area contributed by atoms with Crippen LogP contribution in [-0.4, -0.2) is 99.1 Å². The predicted molar refractivity (Wildman–Crippen MR) is 158 cm³/mol. The molecule has 7 atom stereocenters. The van der Waals surface area contributed by atoms with Gasteiger partial charge in [-0.05, 0) is 59.8 Å². The van der Waals surface area contributed by atoms with E-state index in [1.54, 1.807) is 28.9 Å². The van der Waals surface area contributed by atoms with Gasteiger partial charge in [-0.1, -0.05) is 28.1 Å². The van der Waals surface area contributed by atoms with E-state index < -0.39 is 47.2 Å². The average molecular weight is 641 g/mol. The number of rotatable bonds is 15. The molecule has 230 valence electrons. The summed E-state index contributed by atoms with van der Waals surface area (Å²) in [6.45, 7) is 15.7. The molecule has 3 aliphatic rings. The van der Waals surface area contributed by atoms with E-state index in [-0.39, 0.29) is 35.7 Å². The summed E-state index contributed by atoms with van der Waals surface area (Å²) in [6, 6.07) is -0.905. The number of halogens is 1. The summed E-state index contributed by atoms with van der Waals surface area (Å²) in [5.41, 5.74) is -1.72. The normalized spacial score (nSPS) is 29.2. The van der Waals surface area contributed by atoms with Crippen LogP contribution in [0, 0.1) is 11.8 Å². The fourth-order valence-electron chi connectivity index (χ4n) is 6.36. The Labute approximate surface area is 252 Å². The first-order valence-corrected chi connectivity index (χ1v) is 15.5. The summed E-state index contributed by atoms with van der Waals surface area (Å²) >= 11 is 3.68. The number of hydrogen-bond acceptors (Lipinski definition) is 7. The monoisotopic (exact) mass is 639 g/mol. The van der Waals surface area contributed by atoms with Gasteiger partial charge in [0.25, 0.3) is 0 Å². The van der Waals surface area contributed by atoms with E-state index in [1.807, 2.05) is 20.8 Å². The van der Waals surface area contributed by atoms with E-state index in [2.05, 4.69) is 34.4 Å². The molecule has 3 fully saturated rings. The lowest BCUT2D eigenvalue weighted by Crippen LogP contribution is -2.60. The van der Waals surface area contributed by atoms with Gasteiger partial charge in [0.1, 0.15) is 17.7 Å². The van der Waals surface area contributed by atoms with Crippen LogP contribution in [0.1, 0.15) is 66.2 Å². The van der Waals surface area contributed by atoms with Crippen LogP contribution in [0.4, 0.5) is 0 Å². The van der Waals surface area contributed by atoms with Gasteiger partial charge in [-0.15, -0.1) is 13.2 Å². The second-order valence-corrected chi connectivity index (χ2v) is 13.4. The number of likely N-dealkylation sites (tertiary alicyclic amines) is 1. The van der Waals surface area contributed by atoms with Gasteiger partial charge in [-0.25, -0.2) is 0 Å². The van der Waals surface area contributed by atoms with Crippen molar-refractivity contribution in [2.75, 3.05) is 26.2 Å². The molecular weight excluding hydrogens is 594 g/mol.